The number of amides is 2. The Morgan fingerprint density at radius 1 is 1.06 bits per heavy atom. The van der Waals surface area contributed by atoms with Crippen LogP contribution in [0.25, 0.3) is 6.08 Å². The molecule has 0 aromatic heterocycles. The molecule has 10 heteroatoms. The van der Waals surface area contributed by atoms with Crippen LogP contribution in [0.4, 0.5) is 23.7 Å². The summed E-state index contributed by atoms with van der Waals surface area (Å²) in [5.74, 6) is -0.332. The lowest BCUT2D eigenvalue weighted by Crippen LogP contribution is -2.36. The Kier molecular flexibility index (Phi) is 7.61. The summed E-state index contributed by atoms with van der Waals surface area (Å²) in [5, 5.41) is 10.4. The maximum Gasteiger partial charge on any atom is 0.416 e. The van der Waals surface area contributed by atoms with Crippen LogP contribution in [-0.2, 0) is 17.5 Å². The Morgan fingerprint density at radius 2 is 1.80 bits per heavy atom. The molecule has 0 unspecified atom stereocenters. The molecule has 6 nitrogen and oxygen atoms in total. The third kappa shape index (κ3) is 5.94. The number of rotatable bonds is 8. The lowest BCUT2D eigenvalue weighted by molar-refractivity contribution is -0.138. The second kappa shape index (κ2) is 10.7. The molecule has 0 saturated carbocycles. The number of imide groups is 1. The zero-order chi connectivity index (χ0) is 25.0. The zero-order valence-electron chi connectivity index (χ0n) is 18.9. The van der Waals surface area contributed by atoms with E-state index in [0.29, 0.717) is 34.8 Å². The lowest BCUT2D eigenvalue weighted by atomic mass is 10.1. The topological polar surface area (TPSA) is 76.5 Å². The molecule has 2 aliphatic heterocycles. The minimum absolute atomic E-state index is 0.0637. The number of thioether (sulfide) groups is 1. The predicted octanol–water partition coefficient (Wildman–Crippen LogP) is 5.45. The fraction of sp³-hybridized carbons (Fsp3) is 0.320. The molecular formula is C25H25F3N4O2S. The molecule has 0 radical (unpaired) electrons. The van der Waals surface area contributed by atoms with Crippen molar-refractivity contribution in [1.29, 1.82) is 5.41 Å². The summed E-state index contributed by atoms with van der Waals surface area (Å²) in [6.45, 7) is 2.93. The van der Waals surface area contributed by atoms with Gasteiger partial charge in [-0.15, -0.1) is 0 Å². The highest BCUT2D eigenvalue weighted by atomic mass is 32.2. The number of carbonyl (C=O) groups excluding carboxylic acids is 2. The fourth-order valence-corrected chi connectivity index (χ4v) is 5.05. The number of likely N-dealkylation sites (tertiary alicyclic amines) is 1. The maximum atomic E-state index is 13.3. The van der Waals surface area contributed by atoms with Gasteiger partial charge in [0.1, 0.15) is 0 Å². The Hall–Kier alpha value is -3.11. The Bertz CT molecular complexity index is 1160. The van der Waals surface area contributed by atoms with Crippen LogP contribution in [0.15, 0.2) is 47.4 Å². The summed E-state index contributed by atoms with van der Waals surface area (Å²) in [4.78, 5) is 28.9. The second-order valence-corrected chi connectivity index (χ2v) is 9.37. The quantitative estimate of drug-likeness (QED) is 0.371. The van der Waals surface area contributed by atoms with Gasteiger partial charge in [0.15, 0.2) is 0 Å². The Labute approximate surface area is 205 Å². The second-order valence-electron chi connectivity index (χ2n) is 8.38. The highest BCUT2D eigenvalue weighted by Crippen LogP contribution is 2.34. The Morgan fingerprint density at radius 3 is 2.51 bits per heavy atom. The number of hydrogen-bond acceptors (Lipinski definition) is 6. The zero-order valence-corrected chi connectivity index (χ0v) is 19.7. The molecule has 2 saturated heterocycles. The SMILES string of the molecule is N=Cc1cc(/C=C2\SC(=O)N(CCN3CCCC3)C2=O)ccc1NCc1ccccc1C(F)(F)F. The first-order valence-electron chi connectivity index (χ1n) is 11.3. The van der Waals surface area contributed by atoms with Crippen molar-refractivity contribution in [2.75, 3.05) is 31.5 Å². The molecule has 2 amide bonds. The van der Waals surface area contributed by atoms with E-state index in [1.54, 1.807) is 30.3 Å². The Balaban J connectivity index is 1.45. The molecule has 4 rings (SSSR count). The van der Waals surface area contributed by atoms with Crippen molar-refractivity contribution in [3.8, 4) is 0 Å². The number of nitrogens with zero attached hydrogens (tertiary/aromatic N) is 2. The van der Waals surface area contributed by atoms with Gasteiger partial charge in [0.05, 0.1) is 10.5 Å². The average molecular weight is 503 g/mol. The standard InChI is InChI=1S/C25H25F3N4O2S/c26-25(27,28)20-6-2-1-5-18(20)16-30-21-8-7-17(13-19(21)15-29)14-22-23(33)32(24(34)35-22)12-11-31-9-3-4-10-31/h1-2,5-8,13-15,29-30H,3-4,9-12,16H2/b22-14-,29-15?. The lowest BCUT2D eigenvalue weighted by Gasteiger charge is -2.18. The monoisotopic (exact) mass is 502 g/mol. The molecule has 2 aliphatic rings. The van der Waals surface area contributed by atoms with Crippen LogP contribution in [0.5, 0.6) is 0 Å². The molecule has 184 valence electrons. The summed E-state index contributed by atoms with van der Waals surface area (Å²) in [7, 11) is 0. The predicted molar refractivity (Wildman–Crippen MR) is 131 cm³/mol. The molecule has 2 heterocycles. The van der Waals surface area contributed by atoms with Gasteiger partial charge in [0, 0.05) is 37.1 Å². The minimum atomic E-state index is -4.45. The van der Waals surface area contributed by atoms with Crippen molar-refractivity contribution in [3.05, 3.63) is 69.6 Å². The molecule has 2 aromatic carbocycles. The summed E-state index contributed by atoms with van der Waals surface area (Å²) in [5.41, 5.74) is 0.961. The van der Waals surface area contributed by atoms with E-state index in [4.69, 9.17) is 5.41 Å². The van der Waals surface area contributed by atoms with Gasteiger partial charge in [-0.3, -0.25) is 14.5 Å². The molecule has 0 atom stereocenters. The molecule has 0 bridgehead atoms. The summed E-state index contributed by atoms with van der Waals surface area (Å²) in [6, 6.07) is 10.3. The van der Waals surface area contributed by atoms with Crippen molar-refractivity contribution >= 4 is 40.9 Å². The smallest absolute Gasteiger partial charge is 0.380 e. The van der Waals surface area contributed by atoms with Crippen LogP contribution in [0.2, 0.25) is 0 Å². The van der Waals surface area contributed by atoms with E-state index in [2.05, 4.69) is 10.2 Å². The number of benzene rings is 2. The van der Waals surface area contributed by atoms with Crippen molar-refractivity contribution in [1.82, 2.24) is 9.80 Å². The van der Waals surface area contributed by atoms with Gasteiger partial charge in [-0.2, -0.15) is 13.2 Å². The van der Waals surface area contributed by atoms with Crippen LogP contribution in [-0.4, -0.2) is 53.3 Å². The van der Waals surface area contributed by atoms with Crippen molar-refractivity contribution < 1.29 is 22.8 Å². The molecule has 0 aliphatic carbocycles. The van der Waals surface area contributed by atoms with E-state index in [-0.39, 0.29) is 23.3 Å². The van der Waals surface area contributed by atoms with E-state index in [1.807, 2.05) is 0 Å². The van der Waals surface area contributed by atoms with Crippen LogP contribution >= 0.6 is 11.8 Å². The van der Waals surface area contributed by atoms with Crippen LogP contribution in [0.3, 0.4) is 0 Å². The van der Waals surface area contributed by atoms with Crippen molar-refractivity contribution in [2.24, 2.45) is 0 Å². The third-order valence-corrected chi connectivity index (χ3v) is 6.94. The van der Waals surface area contributed by atoms with Crippen LogP contribution < -0.4 is 5.32 Å². The van der Waals surface area contributed by atoms with Gasteiger partial charge < -0.3 is 15.6 Å². The first-order chi connectivity index (χ1) is 16.8. The van der Waals surface area contributed by atoms with Gasteiger partial charge in [-0.25, -0.2) is 0 Å². The van der Waals surface area contributed by atoms with E-state index in [0.717, 1.165) is 50.0 Å². The number of alkyl halides is 3. The number of halogens is 3. The maximum absolute atomic E-state index is 13.3. The van der Waals surface area contributed by atoms with Gasteiger partial charge in [0.25, 0.3) is 11.1 Å². The van der Waals surface area contributed by atoms with E-state index < -0.39 is 11.7 Å². The minimum Gasteiger partial charge on any atom is -0.380 e. The molecule has 0 spiro atoms. The molecule has 2 N–H and O–H groups in total. The van der Waals surface area contributed by atoms with Crippen LogP contribution in [0, 0.1) is 5.41 Å². The number of nitrogens with one attached hydrogen (secondary N) is 2. The van der Waals surface area contributed by atoms with Crippen LogP contribution in [0.1, 0.15) is 35.1 Å². The number of carbonyl (C=O) groups is 2. The number of hydrogen-bond donors (Lipinski definition) is 2. The molecule has 2 aromatic rings. The molecule has 2 fully saturated rings. The first-order valence-corrected chi connectivity index (χ1v) is 12.1. The summed E-state index contributed by atoms with van der Waals surface area (Å²) >= 11 is 0.889. The normalized spacial score (nSPS) is 18.0. The highest BCUT2D eigenvalue weighted by molar-refractivity contribution is 8.18. The third-order valence-electron chi connectivity index (χ3n) is 6.03. The van der Waals surface area contributed by atoms with Gasteiger partial charge >= 0.3 is 6.18 Å². The van der Waals surface area contributed by atoms with E-state index >= 15 is 0 Å². The largest absolute Gasteiger partial charge is 0.416 e. The highest BCUT2D eigenvalue weighted by Gasteiger charge is 2.35. The summed E-state index contributed by atoms with van der Waals surface area (Å²) in [6.07, 6.45) is 0.519. The van der Waals surface area contributed by atoms with Gasteiger partial charge in [-0.1, -0.05) is 24.3 Å². The van der Waals surface area contributed by atoms with Gasteiger partial charge in [-0.05, 0) is 73.1 Å². The molecular weight excluding hydrogens is 477 g/mol. The fourth-order valence-electron chi connectivity index (χ4n) is 4.18. The van der Waals surface area contributed by atoms with E-state index in [9.17, 15) is 22.8 Å². The van der Waals surface area contributed by atoms with E-state index in [1.165, 1.54) is 17.0 Å². The number of anilines is 1. The summed E-state index contributed by atoms with van der Waals surface area (Å²) < 4.78 is 39.8. The average Bonchev–Trinajstić information content (AvgIpc) is 3.44. The van der Waals surface area contributed by atoms with Crippen molar-refractivity contribution in [2.45, 2.75) is 25.6 Å². The van der Waals surface area contributed by atoms with Gasteiger partial charge in [0.2, 0.25) is 0 Å². The van der Waals surface area contributed by atoms with Crippen molar-refractivity contribution in [3.63, 3.8) is 0 Å². The first kappa shape index (κ1) is 25.0. The molecule has 35 heavy (non-hydrogen) atoms.